The summed E-state index contributed by atoms with van der Waals surface area (Å²) in [6, 6.07) is 4.49. The summed E-state index contributed by atoms with van der Waals surface area (Å²) in [5.41, 5.74) is 5.46. The van der Waals surface area contributed by atoms with Crippen molar-refractivity contribution in [1.29, 1.82) is 0 Å². The van der Waals surface area contributed by atoms with Gasteiger partial charge in [-0.1, -0.05) is 6.08 Å². The molecule has 0 amide bonds. The van der Waals surface area contributed by atoms with Crippen LogP contribution < -0.4 is 16.0 Å². The maximum Gasteiger partial charge on any atom is 0.0658 e. The van der Waals surface area contributed by atoms with E-state index in [0.717, 1.165) is 52.8 Å². The first kappa shape index (κ1) is 13.5. The Labute approximate surface area is 140 Å². The molecule has 0 saturated heterocycles. The van der Waals surface area contributed by atoms with Crippen LogP contribution in [0.15, 0.2) is 69.6 Å². The van der Waals surface area contributed by atoms with Crippen LogP contribution in [0.2, 0.25) is 0 Å². The number of aromatic nitrogens is 1. The van der Waals surface area contributed by atoms with Crippen molar-refractivity contribution in [2.45, 2.75) is 25.3 Å². The molecule has 4 aliphatic heterocycles. The second kappa shape index (κ2) is 5.34. The van der Waals surface area contributed by atoms with E-state index in [2.05, 4.69) is 70.0 Å². The molecular weight excluding hydrogens is 296 g/mol. The third-order valence-electron chi connectivity index (χ3n) is 4.60. The van der Waals surface area contributed by atoms with Gasteiger partial charge in [0, 0.05) is 27.8 Å². The van der Waals surface area contributed by atoms with Gasteiger partial charge in [0.15, 0.2) is 0 Å². The lowest BCUT2D eigenvalue weighted by Gasteiger charge is -2.08. The number of hydrogen-bond donors (Lipinski definition) is 2. The zero-order valence-electron chi connectivity index (χ0n) is 13.3. The maximum atomic E-state index is 4.77. The Morgan fingerprint density at radius 3 is 2.83 bits per heavy atom. The predicted octanol–water partition coefficient (Wildman–Crippen LogP) is 1.85. The average molecular weight is 314 g/mol. The maximum absolute atomic E-state index is 4.77. The molecule has 0 fully saturated rings. The molecule has 24 heavy (non-hydrogen) atoms. The molecule has 118 valence electrons. The molecule has 1 unspecified atom stereocenters. The van der Waals surface area contributed by atoms with Crippen LogP contribution in [-0.2, 0) is 0 Å². The predicted molar refractivity (Wildman–Crippen MR) is 98.0 cm³/mol. The number of aliphatic imine (C=N–C) groups is 2. The zero-order valence-corrected chi connectivity index (χ0v) is 13.3. The van der Waals surface area contributed by atoms with Crippen molar-refractivity contribution in [1.82, 2.24) is 10.3 Å². The second-order valence-corrected chi connectivity index (χ2v) is 6.50. The standard InChI is InChI=1S/C20H18N4/c1-2-14-10-16-5-6-18(23-16)12-20-8-7-19(24-20)11-17-4-3-15(22-17)9-13(1)21-14/h1-4,6,9-12,16,22-23H,5,7-8H2/b14-10-,15-9-,17-11-,20-12-. The highest BCUT2D eigenvalue weighted by Crippen LogP contribution is 2.22. The fourth-order valence-corrected chi connectivity index (χ4v) is 3.45. The summed E-state index contributed by atoms with van der Waals surface area (Å²) >= 11 is 0. The molecule has 2 N–H and O–H groups in total. The quantitative estimate of drug-likeness (QED) is 0.754. The largest absolute Gasteiger partial charge is 0.379 e. The van der Waals surface area contributed by atoms with Crippen molar-refractivity contribution >= 4 is 23.6 Å². The number of hydrogen-bond acceptors (Lipinski definition) is 3. The van der Waals surface area contributed by atoms with Crippen molar-refractivity contribution < 1.29 is 0 Å². The number of allylic oxidation sites excluding steroid dienone is 4. The lowest BCUT2D eigenvalue weighted by atomic mass is 10.2. The van der Waals surface area contributed by atoms with Gasteiger partial charge >= 0.3 is 0 Å². The van der Waals surface area contributed by atoms with Gasteiger partial charge in [0.2, 0.25) is 0 Å². The Morgan fingerprint density at radius 2 is 1.88 bits per heavy atom. The van der Waals surface area contributed by atoms with Crippen LogP contribution in [0.1, 0.15) is 19.3 Å². The Bertz CT molecular complexity index is 1010. The lowest BCUT2D eigenvalue weighted by molar-refractivity contribution is 0.738. The van der Waals surface area contributed by atoms with Crippen LogP contribution in [0.5, 0.6) is 0 Å². The summed E-state index contributed by atoms with van der Waals surface area (Å²) in [7, 11) is 0. The van der Waals surface area contributed by atoms with E-state index in [-0.39, 0.29) is 0 Å². The molecule has 4 aliphatic rings. The summed E-state index contributed by atoms with van der Waals surface area (Å²) in [5, 5.41) is 5.70. The number of nitrogens with zero attached hydrogens (tertiary/aromatic N) is 2. The molecule has 0 spiro atoms. The monoisotopic (exact) mass is 314 g/mol. The SMILES string of the molecule is C1=C/C2=C/C3CC=C(/C=C4/CCC(=N4)/C=c4/cc/c([nH]4)=C/C1=N2)N3. The normalized spacial score (nSPS) is 31.3. The highest BCUT2D eigenvalue weighted by Gasteiger charge is 2.16. The first-order valence-corrected chi connectivity index (χ1v) is 8.42. The molecule has 4 heteroatoms. The Kier molecular flexibility index (Phi) is 3.01. The molecule has 0 radical (unpaired) electrons. The molecule has 1 aromatic rings. The minimum Gasteiger partial charge on any atom is -0.379 e. The number of fused-ring (bicyclic) bond motifs is 6. The minimum absolute atomic E-state index is 0.306. The van der Waals surface area contributed by atoms with E-state index in [1.165, 1.54) is 5.70 Å². The van der Waals surface area contributed by atoms with Gasteiger partial charge in [-0.25, -0.2) is 4.99 Å². The fraction of sp³-hybridized carbons (Fsp3) is 0.200. The molecule has 8 bridgehead atoms. The zero-order chi connectivity index (χ0) is 15.9. The Morgan fingerprint density at radius 1 is 0.958 bits per heavy atom. The molecule has 0 aromatic carbocycles. The van der Waals surface area contributed by atoms with Crippen molar-refractivity contribution in [3.8, 4) is 0 Å². The van der Waals surface area contributed by atoms with Crippen molar-refractivity contribution in [3.05, 3.63) is 70.3 Å². The molecule has 1 aromatic heterocycles. The molecular formula is C20H18N4. The molecule has 5 heterocycles. The van der Waals surface area contributed by atoms with E-state index >= 15 is 0 Å². The minimum atomic E-state index is 0.306. The van der Waals surface area contributed by atoms with E-state index in [9.17, 15) is 0 Å². The molecule has 0 aliphatic carbocycles. The van der Waals surface area contributed by atoms with Crippen molar-refractivity contribution in [3.63, 3.8) is 0 Å². The van der Waals surface area contributed by atoms with Gasteiger partial charge in [-0.15, -0.1) is 0 Å². The third-order valence-corrected chi connectivity index (χ3v) is 4.60. The first-order chi connectivity index (χ1) is 11.8. The molecule has 1 atom stereocenters. The summed E-state index contributed by atoms with van der Waals surface area (Å²) in [6.07, 6.45) is 18.0. The molecule has 0 saturated carbocycles. The first-order valence-electron chi connectivity index (χ1n) is 8.42. The van der Waals surface area contributed by atoms with Crippen molar-refractivity contribution in [2.24, 2.45) is 9.98 Å². The van der Waals surface area contributed by atoms with Gasteiger partial charge in [-0.05, 0) is 67.9 Å². The summed E-state index contributed by atoms with van der Waals surface area (Å²) in [6.45, 7) is 0. The molecule has 5 rings (SSSR count). The molecule has 4 nitrogen and oxygen atoms in total. The topological polar surface area (TPSA) is 52.5 Å². The van der Waals surface area contributed by atoms with Crippen LogP contribution in [0.3, 0.4) is 0 Å². The summed E-state index contributed by atoms with van der Waals surface area (Å²) in [5.74, 6) is 0. The van der Waals surface area contributed by atoms with E-state index in [0.29, 0.717) is 6.04 Å². The van der Waals surface area contributed by atoms with E-state index in [1.54, 1.807) is 0 Å². The lowest BCUT2D eigenvalue weighted by Crippen LogP contribution is -2.19. The third kappa shape index (κ3) is 2.60. The van der Waals surface area contributed by atoms with Crippen molar-refractivity contribution in [2.75, 3.05) is 0 Å². The second-order valence-electron chi connectivity index (χ2n) is 6.50. The fourth-order valence-electron chi connectivity index (χ4n) is 3.45. The van der Waals surface area contributed by atoms with E-state index in [4.69, 9.17) is 4.99 Å². The number of rotatable bonds is 0. The number of nitrogens with one attached hydrogen (secondary N) is 2. The van der Waals surface area contributed by atoms with Gasteiger partial charge in [0.25, 0.3) is 0 Å². The van der Waals surface area contributed by atoms with Crippen LogP contribution in [0, 0.1) is 0 Å². The van der Waals surface area contributed by atoms with Gasteiger partial charge in [-0.3, -0.25) is 4.99 Å². The highest BCUT2D eigenvalue weighted by molar-refractivity contribution is 6.19. The van der Waals surface area contributed by atoms with E-state index in [1.807, 2.05) is 0 Å². The van der Waals surface area contributed by atoms with Crippen LogP contribution in [0.4, 0.5) is 0 Å². The smallest absolute Gasteiger partial charge is 0.0658 e. The Hall–Kier alpha value is -2.88. The van der Waals surface area contributed by atoms with E-state index < -0.39 is 0 Å². The van der Waals surface area contributed by atoms with Gasteiger partial charge < -0.3 is 10.3 Å². The Balaban J connectivity index is 1.64. The summed E-state index contributed by atoms with van der Waals surface area (Å²) < 4.78 is 0. The number of aromatic amines is 1. The average Bonchev–Trinajstić information content (AvgIpc) is 3.32. The summed E-state index contributed by atoms with van der Waals surface area (Å²) in [4.78, 5) is 12.9. The van der Waals surface area contributed by atoms with Gasteiger partial charge in [0.05, 0.1) is 17.5 Å². The van der Waals surface area contributed by atoms with Crippen LogP contribution in [0.25, 0.3) is 12.2 Å². The number of H-pyrrole nitrogens is 1. The highest BCUT2D eigenvalue weighted by atomic mass is 14.9. The van der Waals surface area contributed by atoms with Gasteiger partial charge in [-0.2, -0.15) is 0 Å². The van der Waals surface area contributed by atoms with Crippen LogP contribution >= 0.6 is 0 Å². The van der Waals surface area contributed by atoms with Crippen LogP contribution in [-0.4, -0.2) is 22.4 Å². The van der Waals surface area contributed by atoms with Gasteiger partial charge in [0.1, 0.15) is 0 Å².